The minimum Gasteiger partial charge on any atom is -0.312 e. The molecule has 3 aromatic rings. The quantitative estimate of drug-likeness (QED) is 0.283. The average molecular weight is 425 g/mol. The normalized spacial score (nSPS) is 9.74. The smallest absolute Gasteiger partial charge is 0.00132 e. The summed E-state index contributed by atoms with van der Waals surface area (Å²) in [6.07, 6.45) is 1.06. The van der Waals surface area contributed by atoms with Crippen LogP contribution in [0.3, 0.4) is 0 Å². The summed E-state index contributed by atoms with van der Waals surface area (Å²) in [5, 5.41) is 2.79. The summed E-state index contributed by atoms with van der Waals surface area (Å²) in [7, 11) is 12.0. The van der Waals surface area contributed by atoms with Gasteiger partial charge in [0.2, 0.25) is 0 Å². The van der Waals surface area contributed by atoms with Gasteiger partial charge < -0.3 is 9.80 Å². The van der Waals surface area contributed by atoms with E-state index in [0.717, 1.165) is 6.42 Å². The number of rotatable bonds is 0. The van der Waals surface area contributed by atoms with Crippen molar-refractivity contribution in [2.45, 2.75) is 48.0 Å². The standard InChI is InChI=1S/C17H12.2C3H9N.3C2H6/c1-2-9-15-13(5-1)11-14-8-3-6-12-7-4-10-16(15)17(12)14;2*1-4(2)3;3*1-2/h1-10H,11H2;2*1-3H3;3*1-2H3. The molecule has 0 N–H and O–H groups in total. The van der Waals surface area contributed by atoms with E-state index in [1.165, 1.54) is 33.0 Å². The number of hydrogen-bond acceptors (Lipinski definition) is 2. The fourth-order valence-electron chi connectivity index (χ4n) is 2.93. The lowest BCUT2D eigenvalue weighted by Gasteiger charge is -2.20. The third-order valence-electron chi connectivity index (χ3n) is 3.68. The van der Waals surface area contributed by atoms with Gasteiger partial charge in [-0.15, -0.1) is 0 Å². The Bertz CT molecular complexity index is 803. The van der Waals surface area contributed by atoms with Crippen LogP contribution in [-0.2, 0) is 6.42 Å². The van der Waals surface area contributed by atoms with Gasteiger partial charge in [0.1, 0.15) is 0 Å². The molecule has 0 atom stereocenters. The van der Waals surface area contributed by atoms with Gasteiger partial charge in [-0.1, -0.05) is 102 Å². The Balaban J connectivity index is 0. The van der Waals surface area contributed by atoms with Crippen LogP contribution >= 0.6 is 0 Å². The maximum absolute atomic E-state index is 2.25. The van der Waals surface area contributed by atoms with E-state index in [9.17, 15) is 0 Å². The summed E-state index contributed by atoms with van der Waals surface area (Å²) >= 11 is 0. The van der Waals surface area contributed by atoms with Crippen molar-refractivity contribution in [2.24, 2.45) is 0 Å². The first kappa shape index (κ1) is 31.0. The number of benzene rings is 3. The second-order valence-corrected chi connectivity index (χ2v) is 7.34. The summed E-state index contributed by atoms with van der Waals surface area (Å²) in [5.74, 6) is 0. The summed E-state index contributed by atoms with van der Waals surface area (Å²) in [6, 6.07) is 22.0. The van der Waals surface area contributed by atoms with Crippen molar-refractivity contribution in [3.05, 3.63) is 71.8 Å². The maximum atomic E-state index is 2.25. The number of nitrogens with zero attached hydrogens (tertiary/aromatic N) is 2. The van der Waals surface area contributed by atoms with Crippen LogP contribution in [0.15, 0.2) is 60.7 Å². The van der Waals surface area contributed by atoms with Crippen LogP contribution in [0.25, 0.3) is 21.9 Å². The Kier molecular flexibility index (Phi) is 18.6. The highest BCUT2D eigenvalue weighted by Gasteiger charge is 2.16. The topological polar surface area (TPSA) is 6.48 Å². The highest BCUT2D eigenvalue weighted by molar-refractivity contribution is 6.01. The SMILES string of the molecule is CC.CC.CC.CN(C)C.CN(C)C.c1ccc2c(c1)Cc1cccc3cccc-2c13. The summed E-state index contributed by atoms with van der Waals surface area (Å²) in [4.78, 5) is 4.00. The molecular weight excluding hydrogens is 376 g/mol. The van der Waals surface area contributed by atoms with Crippen LogP contribution in [0.1, 0.15) is 52.7 Å². The second kappa shape index (κ2) is 18.6. The minimum absolute atomic E-state index is 1.06. The molecule has 3 aromatic carbocycles. The summed E-state index contributed by atoms with van der Waals surface area (Å²) < 4.78 is 0. The lowest BCUT2D eigenvalue weighted by atomic mass is 9.84. The van der Waals surface area contributed by atoms with Crippen LogP contribution in [-0.4, -0.2) is 52.1 Å². The Morgan fingerprint density at radius 2 is 0.871 bits per heavy atom. The van der Waals surface area contributed by atoms with Gasteiger partial charge in [0.05, 0.1) is 0 Å². The molecule has 1 aliphatic rings. The largest absolute Gasteiger partial charge is 0.312 e. The summed E-state index contributed by atoms with van der Waals surface area (Å²) in [5.41, 5.74) is 5.69. The van der Waals surface area contributed by atoms with Crippen LogP contribution in [0.5, 0.6) is 0 Å². The van der Waals surface area contributed by atoms with Crippen molar-refractivity contribution in [3.63, 3.8) is 0 Å². The zero-order valence-electron chi connectivity index (χ0n) is 22.4. The predicted molar refractivity (Wildman–Crippen MR) is 145 cm³/mol. The van der Waals surface area contributed by atoms with Gasteiger partial charge in [-0.05, 0) is 81.7 Å². The van der Waals surface area contributed by atoms with Gasteiger partial charge in [-0.25, -0.2) is 0 Å². The maximum Gasteiger partial charge on any atom is -0.00132 e. The lowest BCUT2D eigenvalue weighted by Crippen LogP contribution is -2.00. The molecule has 31 heavy (non-hydrogen) atoms. The lowest BCUT2D eigenvalue weighted by molar-refractivity contribution is 0.505. The average Bonchev–Trinajstić information content (AvgIpc) is 2.78. The highest BCUT2D eigenvalue weighted by atomic mass is 15.0. The van der Waals surface area contributed by atoms with E-state index in [-0.39, 0.29) is 0 Å². The van der Waals surface area contributed by atoms with E-state index in [4.69, 9.17) is 0 Å². The minimum atomic E-state index is 1.06. The molecule has 0 unspecified atom stereocenters. The summed E-state index contributed by atoms with van der Waals surface area (Å²) in [6.45, 7) is 12.0. The number of hydrogen-bond donors (Lipinski definition) is 0. The Labute approximate surface area is 193 Å². The fraction of sp³-hybridized carbons (Fsp3) is 0.448. The van der Waals surface area contributed by atoms with E-state index in [1.54, 1.807) is 0 Å². The molecule has 0 saturated carbocycles. The fourth-order valence-corrected chi connectivity index (χ4v) is 2.93. The van der Waals surface area contributed by atoms with Crippen LogP contribution in [0.4, 0.5) is 0 Å². The molecular formula is C29H48N2. The van der Waals surface area contributed by atoms with E-state index >= 15 is 0 Å². The monoisotopic (exact) mass is 424 g/mol. The molecule has 0 aromatic heterocycles. The second-order valence-electron chi connectivity index (χ2n) is 7.34. The molecule has 174 valence electrons. The van der Waals surface area contributed by atoms with Crippen LogP contribution in [0.2, 0.25) is 0 Å². The Morgan fingerprint density at radius 1 is 0.484 bits per heavy atom. The molecule has 0 aliphatic heterocycles. The molecule has 4 rings (SSSR count). The first-order valence-electron chi connectivity index (χ1n) is 11.7. The van der Waals surface area contributed by atoms with Crippen molar-refractivity contribution in [1.82, 2.24) is 9.80 Å². The molecule has 1 aliphatic carbocycles. The van der Waals surface area contributed by atoms with Gasteiger partial charge in [-0.3, -0.25) is 0 Å². The molecule has 0 spiro atoms. The van der Waals surface area contributed by atoms with Crippen LogP contribution in [0, 0.1) is 0 Å². The zero-order valence-corrected chi connectivity index (χ0v) is 22.4. The molecule has 0 heterocycles. The van der Waals surface area contributed by atoms with Gasteiger partial charge >= 0.3 is 0 Å². The van der Waals surface area contributed by atoms with E-state index in [1.807, 2.05) is 93.6 Å². The molecule has 2 heteroatoms. The molecule has 2 nitrogen and oxygen atoms in total. The molecule has 0 fully saturated rings. The Morgan fingerprint density at radius 3 is 1.39 bits per heavy atom. The van der Waals surface area contributed by atoms with Crippen molar-refractivity contribution in [3.8, 4) is 11.1 Å². The highest BCUT2D eigenvalue weighted by Crippen LogP contribution is 2.38. The van der Waals surface area contributed by atoms with Crippen molar-refractivity contribution in [1.29, 1.82) is 0 Å². The van der Waals surface area contributed by atoms with Crippen molar-refractivity contribution < 1.29 is 0 Å². The molecule has 0 radical (unpaired) electrons. The third-order valence-corrected chi connectivity index (χ3v) is 3.68. The zero-order chi connectivity index (χ0) is 24.4. The number of fused-ring (bicyclic) bond motifs is 2. The Hall–Kier alpha value is -2.16. The first-order chi connectivity index (χ1) is 14.9. The van der Waals surface area contributed by atoms with E-state index in [2.05, 4.69) is 60.7 Å². The third kappa shape index (κ3) is 11.1. The van der Waals surface area contributed by atoms with Gasteiger partial charge in [0.15, 0.2) is 0 Å². The van der Waals surface area contributed by atoms with Gasteiger partial charge in [0, 0.05) is 0 Å². The predicted octanol–water partition coefficient (Wildman–Crippen LogP) is 7.85. The first-order valence-corrected chi connectivity index (χ1v) is 11.7. The van der Waals surface area contributed by atoms with Crippen LogP contribution < -0.4 is 0 Å². The van der Waals surface area contributed by atoms with Gasteiger partial charge in [-0.2, -0.15) is 0 Å². The van der Waals surface area contributed by atoms with Crippen molar-refractivity contribution in [2.75, 3.05) is 42.3 Å². The van der Waals surface area contributed by atoms with E-state index in [0.29, 0.717) is 0 Å². The molecule has 0 bridgehead atoms. The van der Waals surface area contributed by atoms with E-state index < -0.39 is 0 Å². The van der Waals surface area contributed by atoms with Crippen molar-refractivity contribution >= 4 is 10.8 Å². The molecule has 0 amide bonds. The van der Waals surface area contributed by atoms with Gasteiger partial charge in [0.25, 0.3) is 0 Å². The molecule has 0 saturated heterocycles.